The van der Waals surface area contributed by atoms with Crippen molar-refractivity contribution in [1.82, 2.24) is 20.3 Å². The van der Waals surface area contributed by atoms with Gasteiger partial charge in [-0.3, -0.25) is 4.79 Å². The SMILES string of the molecule is CC(=O)NCCNc1cc2c(N[C@H](C)c3cccc(Br)c3)nc(C)nc2cn1. The molecule has 0 unspecified atom stereocenters. The Morgan fingerprint density at radius 2 is 2.04 bits per heavy atom. The van der Waals surface area contributed by atoms with Crippen molar-refractivity contribution in [3.8, 4) is 0 Å². The van der Waals surface area contributed by atoms with Crippen LogP contribution in [-0.4, -0.2) is 33.9 Å². The quantitative estimate of drug-likeness (QED) is 0.481. The lowest BCUT2D eigenvalue weighted by atomic mass is 10.1. The summed E-state index contributed by atoms with van der Waals surface area (Å²) in [6.45, 7) is 6.58. The van der Waals surface area contributed by atoms with Crippen molar-refractivity contribution in [2.45, 2.75) is 26.8 Å². The van der Waals surface area contributed by atoms with E-state index < -0.39 is 0 Å². The molecule has 0 bridgehead atoms. The number of hydrogen-bond donors (Lipinski definition) is 3. The number of aryl methyl sites for hydroxylation is 1. The normalized spacial score (nSPS) is 11.9. The van der Waals surface area contributed by atoms with Gasteiger partial charge in [-0.05, 0) is 37.6 Å². The summed E-state index contributed by atoms with van der Waals surface area (Å²) in [6, 6.07) is 10.2. The zero-order valence-corrected chi connectivity index (χ0v) is 17.7. The van der Waals surface area contributed by atoms with Gasteiger partial charge in [-0.1, -0.05) is 28.1 Å². The number of anilines is 2. The lowest BCUT2D eigenvalue weighted by Gasteiger charge is -2.17. The first-order valence-corrected chi connectivity index (χ1v) is 9.86. The van der Waals surface area contributed by atoms with Crippen LogP contribution in [0.2, 0.25) is 0 Å². The fourth-order valence-corrected chi connectivity index (χ4v) is 3.27. The van der Waals surface area contributed by atoms with E-state index in [1.54, 1.807) is 6.20 Å². The summed E-state index contributed by atoms with van der Waals surface area (Å²) in [6.07, 6.45) is 1.74. The maximum atomic E-state index is 11.0. The lowest BCUT2D eigenvalue weighted by Crippen LogP contribution is -2.26. The molecule has 3 N–H and O–H groups in total. The highest BCUT2D eigenvalue weighted by atomic mass is 79.9. The molecule has 3 aromatic rings. The van der Waals surface area contributed by atoms with Crippen LogP contribution in [0.4, 0.5) is 11.6 Å². The third-order valence-corrected chi connectivity index (χ3v) is 4.69. The zero-order chi connectivity index (χ0) is 20.1. The number of benzene rings is 1. The second kappa shape index (κ2) is 8.97. The second-order valence-electron chi connectivity index (χ2n) is 6.54. The van der Waals surface area contributed by atoms with Gasteiger partial charge < -0.3 is 16.0 Å². The Labute approximate surface area is 172 Å². The molecular weight excluding hydrogens is 420 g/mol. The first-order valence-electron chi connectivity index (χ1n) is 9.07. The van der Waals surface area contributed by atoms with Crippen molar-refractivity contribution in [2.24, 2.45) is 0 Å². The standard InChI is InChI=1S/C20H23BrN6O/c1-12(15-5-4-6-16(21)9-15)25-20-17-10-19(23-8-7-22-14(3)28)24-11-18(17)26-13(2)27-20/h4-6,9-12H,7-8H2,1-3H3,(H,22,28)(H,23,24)(H,25,26,27)/t12-/m1/s1. The summed E-state index contributed by atoms with van der Waals surface area (Å²) in [4.78, 5) is 24.5. The maximum Gasteiger partial charge on any atom is 0.216 e. The molecule has 0 aliphatic heterocycles. The van der Waals surface area contributed by atoms with Crippen LogP contribution >= 0.6 is 15.9 Å². The molecule has 0 aliphatic carbocycles. The van der Waals surface area contributed by atoms with Crippen molar-refractivity contribution in [2.75, 3.05) is 23.7 Å². The van der Waals surface area contributed by atoms with E-state index in [9.17, 15) is 4.79 Å². The number of rotatable bonds is 7. The molecule has 2 heterocycles. The Bertz CT molecular complexity index is 994. The number of nitrogens with zero attached hydrogens (tertiary/aromatic N) is 3. The predicted molar refractivity (Wildman–Crippen MR) is 115 cm³/mol. The Kier molecular flexibility index (Phi) is 6.41. The number of carbonyl (C=O) groups is 1. The number of fused-ring (bicyclic) bond motifs is 1. The van der Waals surface area contributed by atoms with Crippen molar-refractivity contribution in [3.05, 3.63) is 52.4 Å². The Morgan fingerprint density at radius 3 is 2.79 bits per heavy atom. The van der Waals surface area contributed by atoms with Gasteiger partial charge in [0, 0.05) is 29.9 Å². The van der Waals surface area contributed by atoms with E-state index in [0.29, 0.717) is 24.7 Å². The predicted octanol–water partition coefficient (Wildman–Crippen LogP) is 3.82. The van der Waals surface area contributed by atoms with E-state index in [4.69, 9.17) is 0 Å². The third kappa shape index (κ3) is 5.16. The molecule has 8 heteroatoms. The summed E-state index contributed by atoms with van der Waals surface area (Å²) < 4.78 is 1.04. The average molecular weight is 443 g/mol. The molecular formula is C20H23BrN6O. The van der Waals surface area contributed by atoms with E-state index in [1.165, 1.54) is 6.92 Å². The van der Waals surface area contributed by atoms with Crippen molar-refractivity contribution >= 4 is 44.4 Å². The van der Waals surface area contributed by atoms with E-state index in [2.05, 4.69) is 65.9 Å². The van der Waals surface area contributed by atoms with Crippen LogP contribution in [0, 0.1) is 6.92 Å². The van der Waals surface area contributed by atoms with Gasteiger partial charge in [-0.15, -0.1) is 0 Å². The minimum Gasteiger partial charge on any atom is -0.368 e. The van der Waals surface area contributed by atoms with Gasteiger partial charge in [0.2, 0.25) is 5.91 Å². The van der Waals surface area contributed by atoms with Crippen LogP contribution in [0.15, 0.2) is 41.0 Å². The summed E-state index contributed by atoms with van der Waals surface area (Å²) in [5.74, 6) is 2.11. The largest absolute Gasteiger partial charge is 0.368 e. The van der Waals surface area contributed by atoms with Gasteiger partial charge in [-0.2, -0.15) is 0 Å². The summed E-state index contributed by atoms with van der Waals surface area (Å²) in [5, 5.41) is 10.3. The van der Waals surface area contributed by atoms with Crippen molar-refractivity contribution in [1.29, 1.82) is 0 Å². The smallest absolute Gasteiger partial charge is 0.216 e. The minimum atomic E-state index is -0.0508. The van der Waals surface area contributed by atoms with Crippen LogP contribution in [0.5, 0.6) is 0 Å². The molecule has 1 amide bonds. The fourth-order valence-electron chi connectivity index (χ4n) is 2.85. The topological polar surface area (TPSA) is 91.8 Å². The number of carbonyl (C=O) groups excluding carboxylic acids is 1. The van der Waals surface area contributed by atoms with E-state index in [0.717, 1.165) is 26.8 Å². The van der Waals surface area contributed by atoms with Crippen molar-refractivity contribution < 1.29 is 4.79 Å². The van der Waals surface area contributed by atoms with E-state index in [-0.39, 0.29) is 11.9 Å². The molecule has 0 saturated carbocycles. The monoisotopic (exact) mass is 442 g/mol. The molecule has 1 aromatic carbocycles. The number of pyridine rings is 1. The van der Waals surface area contributed by atoms with Gasteiger partial charge >= 0.3 is 0 Å². The molecule has 0 aliphatic rings. The van der Waals surface area contributed by atoms with Crippen LogP contribution in [0.1, 0.15) is 31.3 Å². The summed E-state index contributed by atoms with van der Waals surface area (Å²) in [5.41, 5.74) is 1.94. The van der Waals surface area contributed by atoms with Gasteiger partial charge in [0.05, 0.1) is 17.8 Å². The van der Waals surface area contributed by atoms with Gasteiger partial charge in [0.15, 0.2) is 0 Å². The molecule has 2 aromatic heterocycles. The second-order valence-corrected chi connectivity index (χ2v) is 7.45. The molecule has 0 fully saturated rings. The molecule has 0 spiro atoms. The van der Waals surface area contributed by atoms with Crippen LogP contribution < -0.4 is 16.0 Å². The summed E-state index contributed by atoms with van der Waals surface area (Å²) >= 11 is 3.52. The molecule has 7 nitrogen and oxygen atoms in total. The van der Waals surface area contributed by atoms with Gasteiger partial charge in [0.1, 0.15) is 17.5 Å². The van der Waals surface area contributed by atoms with E-state index in [1.807, 2.05) is 25.1 Å². The molecule has 0 saturated heterocycles. The molecule has 28 heavy (non-hydrogen) atoms. The highest BCUT2D eigenvalue weighted by Crippen LogP contribution is 2.27. The van der Waals surface area contributed by atoms with Crippen LogP contribution in [-0.2, 0) is 4.79 Å². The van der Waals surface area contributed by atoms with Gasteiger partial charge in [0.25, 0.3) is 0 Å². The average Bonchev–Trinajstić information content (AvgIpc) is 2.65. The number of hydrogen-bond acceptors (Lipinski definition) is 6. The minimum absolute atomic E-state index is 0.0508. The number of nitrogens with one attached hydrogen (secondary N) is 3. The lowest BCUT2D eigenvalue weighted by molar-refractivity contribution is -0.118. The highest BCUT2D eigenvalue weighted by Gasteiger charge is 2.12. The van der Waals surface area contributed by atoms with Crippen LogP contribution in [0.25, 0.3) is 10.9 Å². The molecule has 1 atom stereocenters. The van der Waals surface area contributed by atoms with Crippen molar-refractivity contribution in [3.63, 3.8) is 0 Å². The zero-order valence-electron chi connectivity index (χ0n) is 16.1. The maximum absolute atomic E-state index is 11.0. The third-order valence-electron chi connectivity index (χ3n) is 4.20. The van der Waals surface area contributed by atoms with E-state index >= 15 is 0 Å². The Hall–Kier alpha value is -2.74. The van der Waals surface area contributed by atoms with Crippen LogP contribution in [0.3, 0.4) is 0 Å². The Balaban J connectivity index is 1.83. The number of halogens is 1. The molecule has 146 valence electrons. The molecule has 3 rings (SSSR count). The summed E-state index contributed by atoms with van der Waals surface area (Å²) in [7, 11) is 0. The number of amides is 1. The highest BCUT2D eigenvalue weighted by molar-refractivity contribution is 9.10. The fraction of sp³-hybridized carbons (Fsp3) is 0.300. The first kappa shape index (κ1) is 20.0. The number of aromatic nitrogens is 3. The van der Waals surface area contributed by atoms with Gasteiger partial charge in [-0.25, -0.2) is 15.0 Å². The molecule has 0 radical (unpaired) electrons. The Morgan fingerprint density at radius 1 is 1.21 bits per heavy atom. The first-order chi connectivity index (χ1) is 13.4.